The number of aliphatic hydroxyl groups excluding tert-OH is 1. The van der Waals surface area contributed by atoms with Crippen molar-refractivity contribution in [1.82, 2.24) is 0 Å². The van der Waals surface area contributed by atoms with E-state index in [1.54, 1.807) is 19.1 Å². The van der Waals surface area contributed by atoms with Gasteiger partial charge in [0.25, 0.3) is 0 Å². The molecule has 0 aliphatic rings. The molecule has 0 aliphatic carbocycles. The normalized spacial score (nSPS) is 12.3. The van der Waals surface area contributed by atoms with Crippen LogP contribution in [-0.4, -0.2) is 11.7 Å². The van der Waals surface area contributed by atoms with Crippen LogP contribution in [0, 0.1) is 0 Å². The summed E-state index contributed by atoms with van der Waals surface area (Å²) >= 11 is 6.07. The molecule has 1 aromatic rings. The van der Waals surface area contributed by atoms with Crippen molar-refractivity contribution < 1.29 is 9.84 Å². The molecule has 0 spiro atoms. The highest BCUT2D eigenvalue weighted by atomic mass is 35.5. The zero-order chi connectivity index (χ0) is 11.4. The maximum Gasteiger partial charge on any atom is 0.138 e. The van der Waals surface area contributed by atoms with E-state index in [1.807, 2.05) is 13.0 Å². The van der Waals surface area contributed by atoms with Gasteiger partial charge in [-0.05, 0) is 25.5 Å². The molecule has 1 atom stereocenters. The Hall–Kier alpha value is -0.990. The summed E-state index contributed by atoms with van der Waals surface area (Å²) in [6.07, 6.45) is -0.592. The first-order chi connectivity index (χ1) is 7.02. The Labute approximate surface area is 95.1 Å². The monoisotopic (exact) mass is 226 g/mol. The van der Waals surface area contributed by atoms with Gasteiger partial charge in [-0.25, -0.2) is 0 Å². The van der Waals surface area contributed by atoms with Gasteiger partial charge in [0.05, 0.1) is 11.1 Å². The van der Waals surface area contributed by atoms with Crippen molar-refractivity contribution in [2.45, 2.75) is 20.0 Å². The minimum absolute atomic E-state index is 0.434. The summed E-state index contributed by atoms with van der Waals surface area (Å²) in [5.41, 5.74) is 1.60. The molecule has 0 fully saturated rings. The fourth-order valence-corrected chi connectivity index (χ4v) is 1.50. The van der Waals surface area contributed by atoms with Crippen LogP contribution in [-0.2, 0) is 0 Å². The molecule has 0 radical (unpaired) electrons. The molecule has 0 aromatic heterocycles. The molecule has 1 unspecified atom stereocenters. The van der Waals surface area contributed by atoms with Gasteiger partial charge in [-0.2, -0.15) is 0 Å². The van der Waals surface area contributed by atoms with E-state index in [0.717, 1.165) is 5.57 Å². The molecule has 2 nitrogen and oxygen atoms in total. The first-order valence-corrected chi connectivity index (χ1v) is 5.14. The average Bonchev–Trinajstić information content (AvgIpc) is 2.15. The lowest BCUT2D eigenvalue weighted by Gasteiger charge is -2.12. The number of hydrogen-bond donors (Lipinski definition) is 1. The van der Waals surface area contributed by atoms with Gasteiger partial charge in [-0.3, -0.25) is 0 Å². The van der Waals surface area contributed by atoms with Gasteiger partial charge in [0.2, 0.25) is 0 Å². The van der Waals surface area contributed by atoms with Crippen LogP contribution in [0.15, 0.2) is 30.4 Å². The molecule has 0 amide bonds. The zero-order valence-electron chi connectivity index (χ0n) is 8.96. The molecule has 0 saturated heterocycles. The van der Waals surface area contributed by atoms with Crippen LogP contribution in [0.25, 0.3) is 0 Å². The van der Waals surface area contributed by atoms with Crippen molar-refractivity contribution in [2.75, 3.05) is 6.61 Å². The average molecular weight is 227 g/mol. The maximum atomic E-state index is 9.45. The predicted molar refractivity (Wildman–Crippen MR) is 62.4 cm³/mol. The molecule has 0 saturated carbocycles. The van der Waals surface area contributed by atoms with Crippen molar-refractivity contribution >= 4 is 11.6 Å². The van der Waals surface area contributed by atoms with Gasteiger partial charge in [0, 0.05) is 5.56 Å². The molecule has 1 N–H and O–H groups in total. The largest absolute Gasteiger partial charge is 0.488 e. The third-order valence-electron chi connectivity index (χ3n) is 1.92. The Morgan fingerprint density at radius 1 is 1.60 bits per heavy atom. The maximum absolute atomic E-state index is 9.45. The minimum Gasteiger partial charge on any atom is -0.488 e. The summed E-state index contributed by atoms with van der Waals surface area (Å²) in [4.78, 5) is 0. The quantitative estimate of drug-likeness (QED) is 0.798. The fourth-order valence-electron chi connectivity index (χ4n) is 1.16. The Morgan fingerprint density at radius 2 is 2.27 bits per heavy atom. The molecule has 15 heavy (non-hydrogen) atoms. The van der Waals surface area contributed by atoms with Gasteiger partial charge in [-0.1, -0.05) is 30.3 Å². The van der Waals surface area contributed by atoms with Crippen molar-refractivity contribution in [1.29, 1.82) is 0 Å². The third kappa shape index (κ3) is 3.26. The zero-order valence-corrected chi connectivity index (χ0v) is 9.71. The third-order valence-corrected chi connectivity index (χ3v) is 2.32. The lowest BCUT2D eigenvalue weighted by Crippen LogP contribution is -2.00. The SMILES string of the molecule is C=C(C)COc1cccc(C(C)O)c1Cl. The van der Waals surface area contributed by atoms with Crippen LogP contribution in [0.3, 0.4) is 0 Å². The van der Waals surface area contributed by atoms with Crippen LogP contribution in [0.1, 0.15) is 25.5 Å². The summed E-state index contributed by atoms with van der Waals surface area (Å²) in [6, 6.07) is 5.36. The van der Waals surface area contributed by atoms with Crippen molar-refractivity contribution in [3.05, 3.63) is 40.9 Å². The first-order valence-electron chi connectivity index (χ1n) is 4.76. The van der Waals surface area contributed by atoms with Crippen LogP contribution in [0.5, 0.6) is 5.75 Å². The van der Waals surface area contributed by atoms with Crippen LogP contribution in [0.2, 0.25) is 5.02 Å². The molecule has 0 heterocycles. The molecule has 3 heteroatoms. The Morgan fingerprint density at radius 3 is 2.80 bits per heavy atom. The van der Waals surface area contributed by atoms with E-state index >= 15 is 0 Å². The standard InChI is InChI=1S/C12H15ClO2/c1-8(2)7-15-11-6-4-5-10(9(3)14)12(11)13/h4-6,9,14H,1,7H2,2-3H3. The second kappa shape index (κ2) is 5.19. The Bertz CT molecular complexity index is 359. The lowest BCUT2D eigenvalue weighted by molar-refractivity contribution is 0.199. The van der Waals surface area contributed by atoms with E-state index in [1.165, 1.54) is 0 Å². The van der Waals surface area contributed by atoms with E-state index in [4.69, 9.17) is 16.3 Å². The first kappa shape index (κ1) is 12.1. The van der Waals surface area contributed by atoms with Gasteiger partial charge in [-0.15, -0.1) is 0 Å². The molecular formula is C12H15ClO2. The van der Waals surface area contributed by atoms with E-state index in [-0.39, 0.29) is 0 Å². The number of aliphatic hydroxyl groups is 1. The Balaban J connectivity index is 2.89. The summed E-state index contributed by atoms with van der Waals surface area (Å²) in [5, 5.41) is 9.92. The second-order valence-electron chi connectivity index (χ2n) is 3.58. The number of rotatable bonds is 4. The number of halogens is 1. The predicted octanol–water partition coefficient (Wildman–Crippen LogP) is 3.35. The molecular weight excluding hydrogens is 212 g/mol. The fraction of sp³-hybridized carbons (Fsp3) is 0.333. The van der Waals surface area contributed by atoms with Gasteiger partial charge < -0.3 is 9.84 Å². The second-order valence-corrected chi connectivity index (χ2v) is 3.96. The highest BCUT2D eigenvalue weighted by Crippen LogP contribution is 2.31. The summed E-state index contributed by atoms with van der Waals surface area (Å²) in [7, 11) is 0. The van der Waals surface area contributed by atoms with Crippen molar-refractivity contribution in [3.63, 3.8) is 0 Å². The van der Waals surface area contributed by atoms with Gasteiger partial charge in [0.1, 0.15) is 12.4 Å². The summed E-state index contributed by atoms with van der Waals surface area (Å²) in [5.74, 6) is 0.582. The van der Waals surface area contributed by atoms with Gasteiger partial charge in [0.15, 0.2) is 0 Å². The molecule has 0 aliphatic heterocycles. The molecule has 82 valence electrons. The van der Waals surface area contributed by atoms with Crippen molar-refractivity contribution in [3.8, 4) is 5.75 Å². The molecule has 1 aromatic carbocycles. The van der Waals surface area contributed by atoms with E-state index in [2.05, 4.69) is 6.58 Å². The minimum atomic E-state index is -0.592. The van der Waals surface area contributed by atoms with Crippen LogP contribution < -0.4 is 4.74 Å². The van der Waals surface area contributed by atoms with Crippen molar-refractivity contribution in [2.24, 2.45) is 0 Å². The van der Waals surface area contributed by atoms with E-state index in [9.17, 15) is 5.11 Å². The van der Waals surface area contributed by atoms with E-state index in [0.29, 0.717) is 22.9 Å². The van der Waals surface area contributed by atoms with E-state index < -0.39 is 6.10 Å². The molecule has 1 rings (SSSR count). The summed E-state index contributed by atoms with van der Waals surface area (Å²) in [6.45, 7) is 7.73. The highest BCUT2D eigenvalue weighted by molar-refractivity contribution is 6.32. The summed E-state index contributed by atoms with van der Waals surface area (Å²) < 4.78 is 5.45. The smallest absolute Gasteiger partial charge is 0.138 e. The number of hydrogen-bond acceptors (Lipinski definition) is 2. The van der Waals surface area contributed by atoms with Crippen LogP contribution in [0.4, 0.5) is 0 Å². The number of benzene rings is 1. The Kier molecular flexibility index (Phi) is 4.18. The molecule has 0 bridgehead atoms. The highest BCUT2D eigenvalue weighted by Gasteiger charge is 2.10. The van der Waals surface area contributed by atoms with Crippen LogP contribution >= 0.6 is 11.6 Å². The lowest BCUT2D eigenvalue weighted by atomic mass is 10.1. The van der Waals surface area contributed by atoms with Gasteiger partial charge >= 0.3 is 0 Å². The topological polar surface area (TPSA) is 29.5 Å². The number of ether oxygens (including phenoxy) is 1.